The molecule has 0 bridgehead atoms. The van der Waals surface area contributed by atoms with Crippen LogP contribution in [0.4, 0.5) is 0 Å². The molecule has 0 heterocycles. The number of carbonyl (C=O) groups is 9. The summed E-state index contributed by atoms with van der Waals surface area (Å²) >= 11 is 1.38. The molecule has 75 heavy (non-hydrogen) atoms. The fraction of sp³-hybridized carbons (Fsp3) is 0.596. The highest BCUT2D eigenvalue weighted by Crippen LogP contribution is 2.17. The molecule has 418 valence electrons. The Kier molecular flexibility index (Phi) is 28.2. The predicted octanol–water partition coefficient (Wildman–Crippen LogP) is 0.843. The van der Waals surface area contributed by atoms with Crippen LogP contribution in [0, 0.1) is 17.8 Å². The van der Waals surface area contributed by atoms with Crippen LogP contribution in [0.3, 0.4) is 0 Å². The lowest BCUT2D eigenvalue weighted by atomic mass is 9.96. The van der Waals surface area contributed by atoms with Crippen molar-refractivity contribution in [2.75, 3.05) is 18.6 Å². The smallest absolute Gasteiger partial charge is 0.326 e. The standard InChI is InChI=1S/C52H82N10O12S/c1-10-30(6)43(51(72)61-42(29(4)5)52(73)74)62-47(68)37(13-11-12-23-53)56-46(67)38(22-24-75-9)57-49(70)40(26-33-14-18-35(63)19-15-33)60-50(71)41(27-34-16-20-36(64)21-17-34)59-48(69)39(25-28(2)3)58-45(66)32(8)55-44(65)31(7)54/h14-21,28-32,37-43,63-64H,10-13,22-27,53-54H2,1-9H3,(H,55,65)(H,56,67)(H,57,70)(H,58,66)(H,59,69)(H,60,71)(H,61,72)(H,62,68)(H,73,74)/t30-,31-,32-,37-,38-,39-,40-,41-,42-,43-/m0/s1. The van der Waals surface area contributed by atoms with Gasteiger partial charge in [0.2, 0.25) is 47.3 Å². The zero-order chi connectivity index (χ0) is 56.5. The Labute approximate surface area is 444 Å². The number of nitrogens with two attached hydrogens (primary N) is 2. The second-order valence-electron chi connectivity index (χ2n) is 19.7. The van der Waals surface area contributed by atoms with Crippen LogP contribution in [-0.4, -0.2) is 141 Å². The molecule has 2 aromatic carbocycles. The molecule has 15 N–H and O–H groups in total. The van der Waals surface area contributed by atoms with E-state index in [-0.39, 0.29) is 56.1 Å². The first-order chi connectivity index (χ1) is 35.3. The van der Waals surface area contributed by atoms with E-state index in [0.717, 1.165) is 0 Å². The zero-order valence-electron chi connectivity index (χ0n) is 44.7. The van der Waals surface area contributed by atoms with E-state index in [2.05, 4.69) is 42.5 Å². The fourth-order valence-electron chi connectivity index (χ4n) is 7.63. The quantitative estimate of drug-likeness (QED) is 0.0441. The van der Waals surface area contributed by atoms with Crippen molar-refractivity contribution < 1.29 is 58.5 Å². The minimum absolute atomic E-state index is 0.0580. The predicted molar refractivity (Wildman–Crippen MR) is 286 cm³/mol. The molecule has 0 saturated heterocycles. The van der Waals surface area contributed by atoms with Gasteiger partial charge < -0.3 is 69.3 Å². The largest absolute Gasteiger partial charge is 0.508 e. The SMILES string of the molecule is CC[C@H](C)[C@H](NC(=O)[C@H](CCCCN)NC(=O)[C@H](CCSC)NC(=O)[C@H](Cc1ccc(O)cc1)NC(=O)[C@H](Cc1ccc(O)cc1)NC(=O)[C@H](CC(C)C)NC(=O)[C@H](C)NC(=O)[C@H](C)N)C(=O)N[C@H](C(=O)O)C(C)C. The number of rotatable bonds is 33. The van der Waals surface area contributed by atoms with Crippen LogP contribution >= 0.6 is 11.8 Å². The topological polar surface area (TPSA) is 363 Å². The molecule has 0 aliphatic heterocycles. The van der Waals surface area contributed by atoms with Crippen LogP contribution in [0.15, 0.2) is 48.5 Å². The Hall–Kier alpha value is -6.46. The Bertz CT molecular complexity index is 2200. The molecule has 0 unspecified atom stereocenters. The van der Waals surface area contributed by atoms with Crippen molar-refractivity contribution in [3.05, 3.63) is 59.7 Å². The van der Waals surface area contributed by atoms with E-state index in [0.29, 0.717) is 36.1 Å². The van der Waals surface area contributed by atoms with Crippen molar-refractivity contribution in [1.82, 2.24) is 42.5 Å². The van der Waals surface area contributed by atoms with Crippen molar-refractivity contribution in [1.29, 1.82) is 0 Å². The summed E-state index contributed by atoms with van der Waals surface area (Å²) in [6, 6.07) is 0.816. The molecule has 0 fully saturated rings. The number of hydrogen-bond acceptors (Lipinski definition) is 14. The van der Waals surface area contributed by atoms with E-state index in [1.54, 1.807) is 34.0 Å². The second-order valence-corrected chi connectivity index (χ2v) is 20.7. The molecule has 0 aliphatic carbocycles. The van der Waals surface area contributed by atoms with E-state index >= 15 is 0 Å². The molecule has 0 aromatic heterocycles. The van der Waals surface area contributed by atoms with Gasteiger partial charge in [0.15, 0.2) is 0 Å². The van der Waals surface area contributed by atoms with Crippen molar-refractivity contribution in [3.63, 3.8) is 0 Å². The maximum absolute atomic E-state index is 14.6. The molecule has 23 heteroatoms. The van der Waals surface area contributed by atoms with Gasteiger partial charge >= 0.3 is 5.97 Å². The summed E-state index contributed by atoms with van der Waals surface area (Å²) in [7, 11) is 0. The van der Waals surface area contributed by atoms with Gasteiger partial charge in [-0.2, -0.15) is 11.8 Å². The van der Waals surface area contributed by atoms with E-state index in [1.165, 1.54) is 74.1 Å². The summed E-state index contributed by atoms with van der Waals surface area (Å²) in [5.41, 5.74) is 12.4. The number of carboxylic acid groups (broad SMARTS) is 1. The van der Waals surface area contributed by atoms with Crippen LogP contribution < -0.4 is 54.0 Å². The number of unbranched alkanes of at least 4 members (excludes halogenated alkanes) is 1. The van der Waals surface area contributed by atoms with Crippen LogP contribution in [0.25, 0.3) is 0 Å². The summed E-state index contributed by atoms with van der Waals surface area (Å²) in [6.07, 6.45) is 3.07. The Morgan fingerprint density at radius 1 is 0.533 bits per heavy atom. The molecular weight excluding hydrogens is 989 g/mol. The number of nitrogens with one attached hydrogen (secondary N) is 8. The lowest BCUT2D eigenvalue weighted by molar-refractivity contribution is -0.144. The average Bonchev–Trinajstić information content (AvgIpc) is 3.35. The number of phenolic OH excluding ortho intramolecular Hbond substituents is 2. The highest BCUT2D eigenvalue weighted by molar-refractivity contribution is 7.98. The van der Waals surface area contributed by atoms with Gasteiger partial charge in [0, 0.05) is 12.8 Å². The van der Waals surface area contributed by atoms with Gasteiger partial charge in [-0.15, -0.1) is 0 Å². The molecule has 0 spiro atoms. The van der Waals surface area contributed by atoms with Crippen molar-refractivity contribution in [3.8, 4) is 11.5 Å². The monoisotopic (exact) mass is 1070 g/mol. The first-order valence-corrected chi connectivity index (χ1v) is 26.9. The number of carboxylic acids is 1. The number of thioether (sulfide) groups is 1. The van der Waals surface area contributed by atoms with Gasteiger partial charge in [-0.3, -0.25) is 38.4 Å². The van der Waals surface area contributed by atoms with Crippen molar-refractivity contribution in [2.24, 2.45) is 29.2 Å². The first-order valence-electron chi connectivity index (χ1n) is 25.5. The van der Waals surface area contributed by atoms with Crippen molar-refractivity contribution in [2.45, 2.75) is 161 Å². The molecule has 2 rings (SSSR count). The Balaban J connectivity index is 2.58. The molecule has 0 saturated carbocycles. The van der Waals surface area contributed by atoms with E-state index in [4.69, 9.17) is 11.5 Å². The van der Waals surface area contributed by atoms with Gasteiger partial charge in [-0.25, -0.2) is 4.79 Å². The van der Waals surface area contributed by atoms with E-state index in [1.807, 2.05) is 13.8 Å². The number of amides is 8. The number of hydrogen-bond donors (Lipinski definition) is 13. The number of carbonyl (C=O) groups excluding carboxylic acids is 8. The van der Waals surface area contributed by atoms with Gasteiger partial charge in [-0.1, -0.05) is 72.2 Å². The third-order valence-electron chi connectivity index (χ3n) is 12.4. The van der Waals surface area contributed by atoms with Crippen molar-refractivity contribution >= 4 is 65.0 Å². The van der Waals surface area contributed by atoms with Crippen LogP contribution in [0.2, 0.25) is 0 Å². The molecule has 8 amide bonds. The maximum Gasteiger partial charge on any atom is 0.326 e. The summed E-state index contributed by atoms with van der Waals surface area (Å²) in [5.74, 6) is -7.93. The normalized spacial score (nSPS) is 15.3. The summed E-state index contributed by atoms with van der Waals surface area (Å²) in [4.78, 5) is 123. The second kappa shape index (κ2) is 32.8. The number of phenols is 2. The molecule has 10 atom stereocenters. The zero-order valence-corrected chi connectivity index (χ0v) is 45.5. The number of aliphatic carboxylic acids is 1. The molecule has 22 nitrogen and oxygen atoms in total. The fourth-order valence-corrected chi connectivity index (χ4v) is 8.10. The summed E-state index contributed by atoms with van der Waals surface area (Å²) in [5, 5.41) is 51.2. The van der Waals surface area contributed by atoms with Crippen LogP contribution in [0.5, 0.6) is 11.5 Å². The molecule has 2 aromatic rings. The molecular formula is C52H82N10O12S. The van der Waals surface area contributed by atoms with Crippen LogP contribution in [0.1, 0.15) is 105 Å². The minimum Gasteiger partial charge on any atom is -0.508 e. The highest BCUT2D eigenvalue weighted by atomic mass is 32.2. The molecule has 0 aliphatic rings. The van der Waals surface area contributed by atoms with E-state index in [9.17, 15) is 58.5 Å². The van der Waals surface area contributed by atoms with Gasteiger partial charge in [0.25, 0.3) is 0 Å². The van der Waals surface area contributed by atoms with Gasteiger partial charge in [0.05, 0.1) is 6.04 Å². The highest BCUT2D eigenvalue weighted by Gasteiger charge is 2.36. The van der Waals surface area contributed by atoms with Crippen LogP contribution in [-0.2, 0) is 56.0 Å². The van der Waals surface area contributed by atoms with Gasteiger partial charge in [0.1, 0.15) is 59.8 Å². The first kappa shape index (κ1) is 64.7. The Morgan fingerprint density at radius 3 is 1.39 bits per heavy atom. The minimum atomic E-state index is -1.43. The molecule has 0 radical (unpaired) electrons. The summed E-state index contributed by atoms with van der Waals surface area (Å²) in [6.45, 7) is 13.6. The average molecular weight is 1070 g/mol. The summed E-state index contributed by atoms with van der Waals surface area (Å²) < 4.78 is 0. The number of aromatic hydroxyl groups is 2. The third kappa shape index (κ3) is 22.9. The number of benzene rings is 2. The Morgan fingerprint density at radius 2 is 0.960 bits per heavy atom. The maximum atomic E-state index is 14.6. The van der Waals surface area contributed by atoms with Gasteiger partial charge in [-0.05, 0) is 118 Å². The lowest BCUT2D eigenvalue weighted by Crippen LogP contribution is -2.61. The third-order valence-corrected chi connectivity index (χ3v) is 13.0. The van der Waals surface area contributed by atoms with E-state index < -0.39 is 119 Å². The lowest BCUT2D eigenvalue weighted by Gasteiger charge is -2.29.